The SMILES string of the molecule is CCCCNC(=O)N1CC(C(=O)NCC)CCC1c1ccc(F)c(C)c1. The molecule has 1 fully saturated rings. The predicted octanol–water partition coefficient (Wildman–Crippen LogP) is 3.53. The molecule has 0 saturated carbocycles. The van der Waals surface area contributed by atoms with Crippen LogP contribution in [-0.2, 0) is 4.79 Å². The van der Waals surface area contributed by atoms with Crippen molar-refractivity contribution < 1.29 is 14.0 Å². The summed E-state index contributed by atoms with van der Waals surface area (Å²) in [5.74, 6) is -0.457. The van der Waals surface area contributed by atoms with Gasteiger partial charge in [-0.05, 0) is 50.3 Å². The highest BCUT2D eigenvalue weighted by Gasteiger charge is 2.35. The van der Waals surface area contributed by atoms with E-state index in [4.69, 9.17) is 0 Å². The van der Waals surface area contributed by atoms with E-state index in [1.807, 2.05) is 6.92 Å². The van der Waals surface area contributed by atoms with Crippen molar-refractivity contribution >= 4 is 11.9 Å². The van der Waals surface area contributed by atoms with Gasteiger partial charge in [0.15, 0.2) is 0 Å². The van der Waals surface area contributed by atoms with Crippen LogP contribution in [0.1, 0.15) is 56.7 Å². The van der Waals surface area contributed by atoms with Crippen LogP contribution in [0.15, 0.2) is 18.2 Å². The Balaban J connectivity index is 2.20. The molecule has 26 heavy (non-hydrogen) atoms. The maximum absolute atomic E-state index is 13.6. The zero-order valence-corrected chi connectivity index (χ0v) is 16.0. The number of hydrogen-bond acceptors (Lipinski definition) is 2. The maximum Gasteiger partial charge on any atom is 0.317 e. The van der Waals surface area contributed by atoms with Crippen molar-refractivity contribution in [3.63, 3.8) is 0 Å². The van der Waals surface area contributed by atoms with E-state index in [1.54, 1.807) is 24.0 Å². The Hall–Kier alpha value is -2.11. The lowest BCUT2D eigenvalue weighted by Crippen LogP contribution is -2.50. The number of likely N-dealkylation sites (tertiary alicyclic amines) is 1. The largest absolute Gasteiger partial charge is 0.356 e. The zero-order valence-electron chi connectivity index (χ0n) is 16.0. The third-order valence-electron chi connectivity index (χ3n) is 4.94. The number of rotatable bonds is 6. The van der Waals surface area contributed by atoms with Crippen molar-refractivity contribution in [2.24, 2.45) is 5.92 Å². The Morgan fingerprint density at radius 2 is 2.00 bits per heavy atom. The first-order chi connectivity index (χ1) is 12.5. The van der Waals surface area contributed by atoms with Gasteiger partial charge in [0.1, 0.15) is 5.82 Å². The number of piperidine rings is 1. The van der Waals surface area contributed by atoms with Crippen LogP contribution in [0.5, 0.6) is 0 Å². The summed E-state index contributed by atoms with van der Waals surface area (Å²) < 4.78 is 13.6. The number of benzene rings is 1. The third kappa shape index (κ3) is 4.96. The van der Waals surface area contributed by atoms with Crippen molar-refractivity contribution in [3.8, 4) is 0 Å². The molecule has 1 aromatic carbocycles. The average molecular weight is 363 g/mol. The molecule has 0 bridgehead atoms. The second kappa shape index (κ2) is 9.55. The van der Waals surface area contributed by atoms with E-state index in [2.05, 4.69) is 17.6 Å². The highest BCUT2D eigenvalue weighted by molar-refractivity contribution is 5.81. The van der Waals surface area contributed by atoms with Gasteiger partial charge in [-0.2, -0.15) is 0 Å². The van der Waals surface area contributed by atoms with Gasteiger partial charge >= 0.3 is 6.03 Å². The monoisotopic (exact) mass is 363 g/mol. The van der Waals surface area contributed by atoms with Gasteiger partial charge in [-0.1, -0.05) is 25.5 Å². The fourth-order valence-electron chi connectivity index (χ4n) is 3.42. The lowest BCUT2D eigenvalue weighted by molar-refractivity contribution is -0.126. The Kier molecular flexibility index (Phi) is 7.42. The molecule has 144 valence electrons. The van der Waals surface area contributed by atoms with Gasteiger partial charge in [-0.3, -0.25) is 4.79 Å². The quantitative estimate of drug-likeness (QED) is 0.760. The molecule has 1 aromatic rings. The minimum atomic E-state index is -0.247. The number of hydrogen-bond donors (Lipinski definition) is 2. The van der Waals surface area contributed by atoms with Gasteiger partial charge in [0.2, 0.25) is 5.91 Å². The van der Waals surface area contributed by atoms with E-state index in [9.17, 15) is 14.0 Å². The van der Waals surface area contributed by atoms with E-state index in [1.165, 1.54) is 6.07 Å². The summed E-state index contributed by atoms with van der Waals surface area (Å²) in [7, 11) is 0. The standard InChI is InChI=1S/C20H30FN3O2/c1-4-6-11-23-20(26)24-13-16(19(25)22-5-2)8-10-18(24)15-7-9-17(21)14(3)12-15/h7,9,12,16,18H,4-6,8,10-11,13H2,1-3H3,(H,22,25)(H,23,26). The molecule has 2 atom stereocenters. The van der Waals surface area contributed by atoms with Crippen LogP contribution in [0.2, 0.25) is 0 Å². The molecule has 5 nitrogen and oxygen atoms in total. The fourth-order valence-corrected chi connectivity index (χ4v) is 3.42. The molecule has 3 amide bonds. The molecular formula is C20H30FN3O2. The van der Waals surface area contributed by atoms with Crippen LogP contribution in [0.25, 0.3) is 0 Å². The zero-order chi connectivity index (χ0) is 19.1. The van der Waals surface area contributed by atoms with Crippen molar-refractivity contribution in [1.29, 1.82) is 0 Å². The van der Waals surface area contributed by atoms with Gasteiger partial charge in [0, 0.05) is 19.6 Å². The van der Waals surface area contributed by atoms with E-state index in [0.29, 0.717) is 38.0 Å². The Bertz CT molecular complexity index is 635. The molecule has 0 aromatic heterocycles. The number of nitrogens with zero attached hydrogens (tertiary/aromatic N) is 1. The van der Waals surface area contributed by atoms with Gasteiger partial charge in [-0.15, -0.1) is 0 Å². The number of urea groups is 1. The first-order valence-electron chi connectivity index (χ1n) is 9.56. The Morgan fingerprint density at radius 1 is 1.23 bits per heavy atom. The van der Waals surface area contributed by atoms with Gasteiger partial charge in [0.25, 0.3) is 0 Å². The van der Waals surface area contributed by atoms with E-state index >= 15 is 0 Å². The summed E-state index contributed by atoms with van der Waals surface area (Å²) in [5, 5.41) is 5.80. The summed E-state index contributed by atoms with van der Waals surface area (Å²) >= 11 is 0. The number of nitrogens with one attached hydrogen (secondary N) is 2. The minimum absolute atomic E-state index is 0.00686. The van der Waals surface area contributed by atoms with Crippen LogP contribution < -0.4 is 10.6 Å². The number of amides is 3. The van der Waals surface area contributed by atoms with E-state index < -0.39 is 0 Å². The predicted molar refractivity (Wildman–Crippen MR) is 100 cm³/mol. The van der Waals surface area contributed by atoms with Crippen LogP contribution >= 0.6 is 0 Å². The minimum Gasteiger partial charge on any atom is -0.356 e. The molecule has 1 heterocycles. The summed E-state index contributed by atoms with van der Waals surface area (Å²) in [5.41, 5.74) is 1.49. The highest BCUT2D eigenvalue weighted by atomic mass is 19.1. The van der Waals surface area contributed by atoms with E-state index in [0.717, 1.165) is 18.4 Å². The smallest absolute Gasteiger partial charge is 0.317 e. The lowest BCUT2D eigenvalue weighted by Gasteiger charge is -2.39. The fraction of sp³-hybridized carbons (Fsp3) is 0.600. The van der Waals surface area contributed by atoms with Crippen LogP contribution in [0.4, 0.5) is 9.18 Å². The van der Waals surface area contributed by atoms with Crippen molar-refractivity contribution in [2.75, 3.05) is 19.6 Å². The van der Waals surface area contributed by atoms with Crippen molar-refractivity contribution in [3.05, 3.63) is 35.1 Å². The molecular weight excluding hydrogens is 333 g/mol. The second-order valence-electron chi connectivity index (χ2n) is 6.93. The number of carbonyl (C=O) groups is 2. The number of aryl methyl sites for hydroxylation is 1. The number of carbonyl (C=O) groups excluding carboxylic acids is 2. The first-order valence-corrected chi connectivity index (χ1v) is 9.56. The molecule has 2 unspecified atom stereocenters. The molecule has 6 heteroatoms. The van der Waals surface area contributed by atoms with Crippen molar-refractivity contribution in [2.45, 2.75) is 52.5 Å². The van der Waals surface area contributed by atoms with Gasteiger partial charge in [0.05, 0.1) is 12.0 Å². The number of unbranched alkanes of at least 4 members (excludes halogenated alkanes) is 1. The second-order valence-corrected chi connectivity index (χ2v) is 6.93. The Labute approximate surface area is 155 Å². The maximum atomic E-state index is 13.6. The third-order valence-corrected chi connectivity index (χ3v) is 4.94. The first kappa shape index (κ1) is 20.2. The highest BCUT2D eigenvalue weighted by Crippen LogP contribution is 2.34. The molecule has 1 aliphatic heterocycles. The molecule has 1 aliphatic rings. The van der Waals surface area contributed by atoms with Gasteiger partial charge in [-0.25, -0.2) is 9.18 Å². The molecule has 2 rings (SSSR count). The summed E-state index contributed by atoms with van der Waals surface area (Å²) in [6.45, 7) is 7.27. The molecule has 0 spiro atoms. The van der Waals surface area contributed by atoms with Crippen LogP contribution in [0.3, 0.4) is 0 Å². The van der Waals surface area contributed by atoms with Crippen LogP contribution in [-0.4, -0.2) is 36.5 Å². The average Bonchev–Trinajstić information content (AvgIpc) is 2.64. The molecule has 1 saturated heterocycles. The lowest BCUT2D eigenvalue weighted by atomic mass is 9.88. The van der Waals surface area contributed by atoms with Gasteiger partial charge < -0.3 is 15.5 Å². The Morgan fingerprint density at radius 3 is 2.65 bits per heavy atom. The summed E-state index contributed by atoms with van der Waals surface area (Å²) in [4.78, 5) is 26.7. The normalized spacial score (nSPS) is 19.9. The topological polar surface area (TPSA) is 61.4 Å². The van der Waals surface area contributed by atoms with Crippen molar-refractivity contribution in [1.82, 2.24) is 15.5 Å². The molecule has 0 radical (unpaired) electrons. The summed E-state index contributed by atoms with van der Waals surface area (Å²) in [6.07, 6.45) is 3.32. The summed E-state index contributed by atoms with van der Waals surface area (Å²) in [6, 6.07) is 4.71. The van der Waals surface area contributed by atoms with Crippen LogP contribution in [0, 0.1) is 18.7 Å². The molecule has 2 N–H and O–H groups in total. The van der Waals surface area contributed by atoms with E-state index in [-0.39, 0.29) is 29.7 Å². The molecule has 0 aliphatic carbocycles. The number of halogens is 1.